The Morgan fingerprint density at radius 3 is 2.86 bits per heavy atom. The van der Waals surface area contributed by atoms with Crippen LogP contribution in [0.5, 0.6) is 0 Å². The molecule has 0 amide bonds. The minimum atomic E-state index is -0.0828. The van der Waals surface area contributed by atoms with Gasteiger partial charge in [-0.25, -0.2) is 0 Å². The van der Waals surface area contributed by atoms with Gasteiger partial charge >= 0.3 is 5.97 Å². The summed E-state index contributed by atoms with van der Waals surface area (Å²) in [6.45, 7) is 5.62. The van der Waals surface area contributed by atoms with Gasteiger partial charge in [0.05, 0.1) is 7.11 Å². The highest BCUT2D eigenvalue weighted by Crippen LogP contribution is 2.23. The predicted molar refractivity (Wildman–Crippen MR) is 56.1 cm³/mol. The summed E-state index contributed by atoms with van der Waals surface area (Å²) in [4.78, 5) is 13.5. The molecule has 0 saturated carbocycles. The predicted octanol–water partition coefficient (Wildman–Crippen LogP) is 1.81. The van der Waals surface area contributed by atoms with Crippen LogP contribution in [0.25, 0.3) is 0 Å². The van der Waals surface area contributed by atoms with E-state index in [2.05, 4.69) is 23.5 Å². The number of methoxy groups -OCH3 is 1. The molecule has 1 rings (SSSR count). The molecule has 0 aromatic rings. The van der Waals surface area contributed by atoms with E-state index >= 15 is 0 Å². The Morgan fingerprint density at radius 2 is 2.29 bits per heavy atom. The Kier molecular flexibility index (Phi) is 4.39. The normalized spacial score (nSPS) is 23.0. The van der Waals surface area contributed by atoms with E-state index in [1.54, 1.807) is 0 Å². The second-order valence-corrected chi connectivity index (χ2v) is 4.24. The Bertz CT molecular complexity index is 192. The largest absolute Gasteiger partial charge is 0.469 e. The molecule has 0 spiro atoms. The van der Waals surface area contributed by atoms with Crippen LogP contribution in [0, 0.1) is 0 Å². The van der Waals surface area contributed by atoms with Crippen LogP contribution < -0.4 is 0 Å². The van der Waals surface area contributed by atoms with Crippen molar-refractivity contribution in [3.63, 3.8) is 0 Å². The Labute approximate surface area is 86.4 Å². The maximum Gasteiger partial charge on any atom is 0.305 e. The summed E-state index contributed by atoms with van der Waals surface area (Å²) in [7, 11) is 1.46. The summed E-state index contributed by atoms with van der Waals surface area (Å²) in [6.07, 6.45) is 4.01. The number of ether oxygens (including phenoxy) is 1. The van der Waals surface area contributed by atoms with E-state index in [4.69, 9.17) is 0 Å². The molecule has 14 heavy (non-hydrogen) atoms. The fourth-order valence-corrected chi connectivity index (χ4v) is 2.23. The molecule has 1 saturated heterocycles. The lowest BCUT2D eigenvalue weighted by Crippen LogP contribution is -2.35. The van der Waals surface area contributed by atoms with Crippen LogP contribution in [-0.4, -0.2) is 36.6 Å². The molecular weight excluding hydrogens is 178 g/mol. The van der Waals surface area contributed by atoms with Gasteiger partial charge in [-0.05, 0) is 39.7 Å². The SMILES string of the molecule is COC(=O)CC[C@@H]1CCCN1C(C)C. The zero-order chi connectivity index (χ0) is 10.6. The van der Waals surface area contributed by atoms with Crippen LogP contribution in [0.4, 0.5) is 0 Å². The smallest absolute Gasteiger partial charge is 0.305 e. The van der Waals surface area contributed by atoms with Gasteiger partial charge in [0, 0.05) is 18.5 Å². The first-order chi connectivity index (χ1) is 6.65. The standard InChI is InChI=1S/C11H21NO2/c1-9(2)12-8-4-5-10(12)6-7-11(13)14-3/h9-10H,4-8H2,1-3H3/t10-/m0/s1. The zero-order valence-corrected chi connectivity index (χ0v) is 9.45. The molecular formula is C11H21NO2. The maximum absolute atomic E-state index is 11.0. The molecule has 1 heterocycles. The first-order valence-corrected chi connectivity index (χ1v) is 5.47. The van der Waals surface area contributed by atoms with Crippen LogP contribution in [0.2, 0.25) is 0 Å². The van der Waals surface area contributed by atoms with E-state index in [0.717, 1.165) is 6.42 Å². The third-order valence-corrected chi connectivity index (χ3v) is 3.00. The lowest BCUT2D eigenvalue weighted by atomic mass is 10.1. The number of likely N-dealkylation sites (tertiary alicyclic amines) is 1. The van der Waals surface area contributed by atoms with E-state index < -0.39 is 0 Å². The minimum absolute atomic E-state index is 0.0828. The molecule has 0 unspecified atom stereocenters. The number of rotatable bonds is 4. The van der Waals surface area contributed by atoms with E-state index in [9.17, 15) is 4.79 Å². The molecule has 0 aliphatic carbocycles. The second kappa shape index (κ2) is 5.35. The monoisotopic (exact) mass is 199 g/mol. The molecule has 1 aliphatic rings. The highest BCUT2D eigenvalue weighted by molar-refractivity contribution is 5.69. The Balaban J connectivity index is 2.32. The summed E-state index contributed by atoms with van der Waals surface area (Å²) >= 11 is 0. The summed E-state index contributed by atoms with van der Waals surface area (Å²) in [5, 5.41) is 0. The van der Waals surface area contributed by atoms with Gasteiger partial charge in [0.15, 0.2) is 0 Å². The van der Waals surface area contributed by atoms with E-state index in [-0.39, 0.29) is 5.97 Å². The van der Waals surface area contributed by atoms with Gasteiger partial charge in [-0.15, -0.1) is 0 Å². The van der Waals surface area contributed by atoms with Crippen molar-refractivity contribution >= 4 is 5.97 Å². The van der Waals surface area contributed by atoms with Gasteiger partial charge in [0.2, 0.25) is 0 Å². The summed E-state index contributed by atoms with van der Waals surface area (Å²) in [6, 6.07) is 1.19. The molecule has 0 aromatic heterocycles. The number of esters is 1. The fraction of sp³-hybridized carbons (Fsp3) is 0.909. The van der Waals surface area contributed by atoms with Crippen molar-refractivity contribution in [3.8, 4) is 0 Å². The number of hydrogen-bond acceptors (Lipinski definition) is 3. The average molecular weight is 199 g/mol. The number of carbonyl (C=O) groups excluding carboxylic acids is 1. The van der Waals surface area contributed by atoms with E-state index in [1.807, 2.05) is 0 Å². The van der Waals surface area contributed by atoms with Crippen molar-refractivity contribution in [3.05, 3.63) is 0 Å². The van der Waals surface area contributed by atoms with Crippen LogP contribution >= 0.6 is 0 Å². The summed E-state index contributed by atoms with van der Waals surface area (Å²) in [5.41, 5.74) is 0. The molecule has 0 radical (unpaired) electrons. The average Bonchev–Trinajstić information content (AvgIpc) is 2.62. The van der Waals surface area contributed by atoms with E-state index in [1.165, 1.54) is 26.5 Å². The summed E-state index contributed by atoms with van der Waals surface area (Å²) in [5.74, 6) is -0.0828. The first-order valence-electron chi connectivity index (χ1n) is 5.47. The van der Waals surface area contributed by atoms with Crippen LogP contribution in [0.15, 0.2) is 0 Å². The quantitative estimate of drug-likeness (QED) is 0.647. The molecule has 0 N–H and O–H groups in total. The highest BCUT2D eigenvalue weighted by atomic mass is 16.5. The highest BCUT2D eigenvalue weighted by Gasteiger charge is 2.26. The van der Waals surface area contributed by atoms with Crippen LogP contribution in [0.3, 0.4) is 0 Å². The summed E-state index contributed by atoms with van der Waals surface area (Å²) < 4.78 is 4.65. The zero-order valence-electron chi connectivity index (χ0n) is 9.45. The number of carbonyl (C=O) groups is 1. The van der Waals surface area contributed by atoms with Crippen LogP contribution in [-0.2, 0) is 9.53 Å². The lowest BCUT2D eigenvalue weighted by Gasteiger charge is -2.27. The second-order valence-electron chi connectivity index (χ2n) is 4.24. The topological polar surface area (TPSA) is 29.5 Å². The van der Waals surface area contributed by atoms with Gasteiger partial charge in [0.1, 0.15) is 0 Å². The van der Waals surface area contributed by atoms with Gasteiger partial charge < -0.3 is 4.74 Å². The Hall–Kier alpha value is -0.570. The lowest BCUT2D eigenvalue weighted by molar-refractivity contribution is -0.141. The van der Waals surface area contributed by atoms with Crippen molar-refractivity contribution in [2.75, 3.05) is 13.7 Å². The molecule has 82 valence electrons. The number of hydrogen-bond donors (Lipinski definition) is 0. The molecule has 1 fully saturated rings. The molecule has 3 nitrogen and oxygen atoms in total. The minimum Gasteiger partial charge on any atom is -0.469 e. The molecule has 0 aromatic carbocycles. The van der Waals surface area contributed by atoms with E-state index in [0.29, 0.717) is 18.5 Å². The van der Waals surface area contributed by atoms with Crippen molar-refractivity contribution in [1.82, 2.24) is 4.90 Å². The maximum atomic E-state index is 11.0. The Morgan fingerprint density at radius 1 is 1.57 bits per heavy atom. The first kappa shape index (κ1) is 11.5. The van der Waals surface area contributed by atoms with Crippen LogP contribution in [0.1, 0.15) is 39.5 Å². The molecule has 0 bridgehead atoms. The fourth-order valence-electron chi connectivity index (χ4n) is 2.23. The van der Waals surface area contributed by atoms with Crippen molar-refractivity contribution in [2.45, 2.75) is 51.6 Å². The van der Waals surface area contributed by atoms with Gasteiger partial charge in [0.25, 0.3) is 0 Å². The van der Waals surface area contributed by atoms with Crippen molar-refractivity contribution in [2.24, 2.45) is 0 Å². The molecule has 1 aliphatic heterocycles. The van der Waals surface area contributed by atoms with Gasteiger partial charge in [-0.2, -0.15) is 0 Å². The molecule has 1 atom stereocenters. The number of nitrogens with zero attached hydrogens (tertiary/aromatic N) is 1. The van der Waals surface area contributed by atoms with Gasteiger partial charge in [-0.1, -0.05) is 0 Å². The molecule has 3 heteroatoms. The van der Waals surface area contributed by atoms with Crippen molar-refractivity contribution < 1.29 is 9.53 Å². The third-order valence-electron chi connectivity index (χ3n) is 3.00. The third kappa shape index (κ3) is 2.98. The van der Waals surface area contributed by atoms with Crippen molar-refractivity contribution in [1.29, 1.82) is 0 Å². The van der Waals surface area contributed by atoms with Gasteiger partial charge in [-0.3, -0.25) is 9.69 Å².